The molecule has 0 amide bonds. The van der Waals surface area contributed by atoms with Gasteiger partial charge in [0.25, 0.3) is 5.69 Å². The molecule has 1 saturated heterocycles. The third-order valence-corrected chi connectivity index (χ3v) is 4.39. The fraction of sp³-hybridized carbons (Fsp3) is 0.412. The summed E-state index contributed by atoms with van der Waals surface area (Å²) in [5.74, 6) is 0.610. The van der Waals surface area contributed by atoms with Crippen LogP contribution >= 0.6 is 0 Å². The Morgan fingerprint density at radius 3 is 2.83 bits per heavy atom. The Hall–Kier alpha value is -2.50. The topological polar surface area (TPSA) is 72.2 Å². The molecule has 1 unspecified atom stereocenters. The maximum Gasteiger partial charge on any atom is 0.292 e. The smallest absolute Gasteiger partial charge is 0.292 e. The molecule has 0 radical (unpaired) electrons. The van der Waals surface area contributed by atoms with Gasteiger partial charge in [-0.15, -0.1) is 0 Å². The van der Waals surface area contributed by atoms with Crippen LogP contribution in [0.2, 0.25) is 0 Å². The normalized spacial score (nSPS) is 17.7. The van der Waals surface area contributed by atoms with Gasteiger partial charge in [0, 0.05) is 43.7 Å². The second-order valence-electron chi connectivity index (χ2n) is 6.22. The number of nitro benzene ring substituents is 1. The lowest BCUT2D eigenvalue weighted by molar-refractivity contribution is -0.384. The fourth-order valence-corrected chi connectivity index (χ4v) is 3.05. The Morgan fingerprint density at radius 1 is 1.35 bits per heavy atom. The van der Waals surface area contributed by atoms with Crippen molar-refractivity contribution >= 4 is 11.4 Å². The zero-order valence-electron chi connectivity index (χ0n) is 13.3. The van der Waals surface area contributed by atoms with Crippen molar-refractivity contribution in [3.8, 4) is 0 Å². The number of rotatable bonds is 4. The molecule has 0 N–H and O–H groups in total. The summed E-state index contributed by atoms with van der Waals surface area (Å²) in [5.41, 5.74) is 2.97. The molecule has 1 aromatic carbocycles. The van der Waals surface area contributed by atoms with E-state index in [4.69, 9.17) is 0 Å². The number of hydrogen-bond acceptors (Lipinski definition) is 5. The third-order valence-electron chi connectivity index (χ3n) is 4.39. The summed E-state index contributed by atoms with van der Waals surface area (Å²) >= 11 is 0. The molecule has 6 heteroatoms. The van der Waals surface area contributed by atoms with Crippen molar-refractivity contribution < 1.29 is 4.92 Å². The quantitative estimate of drug-likeness (QED) is 0.638. The van der Waals surface area contributed by atoms with Crippen LogP contribution in [0.3, 0.4) is 0 Å². The minimum atomic E-state index is -0.297. The van der Waals surface area contributed by atoms with Gasteiger partial charge in [0.2, 0.25) is 0 Å². The van der Waals surface area contributed by atoms with Gasteiger partial charge in [0.15, 0.2) is 0 Å². The molecule has 1 aliphatic heterocycles. The van der Waals surface area contributed by atoms with E-state index in [9.17, 15) is 10.1 Å². The van der Waals surface area contributed by atoms with E-state index in [1.807, 2.05) is 12.1 Å². The maximum absolute atomic E-state index is 11.4. The number of benzene rings is 1. The maximum atomic E-state index is 11.4. The minimum absolute atomic E-state index is 0.175. The molecule has 120 valence electrons. The molecule has 2 aromatic rings. The molecule has 2 heterocycles. The van der Waals surface area contributed by atoms with E-state index in [0.717, 1.165) is 30.8 Å². The van der Waals surface area contributed by atoms with Gasteiger partial charge in [-0.2, -0.15) is 0 Å². The lowest BCUT2D eigenvalue weighted by Crippen LogP contribution is -2.21. The summed E-state index contributed by atoms with van der Waals surface area (Å²) in [4.78, 5) is 21.7. The van der Waals surface area contributed by atoms with Crippen LogP contribution in [0.25, 0.3) is 0 Å². The van der Waals surface area contributed by atoms with Crippen LogP contribution in [-0.2, 0) is 0 Å². The van der Waals surface area contributed by atoms with Crippen LogP contribution in [-0.4, -0.2) is 28.0 Å². The summed E-state index contributed by atoms with van der Waals surface area (Å²) in [6.07, 6.45) is 6.07. The predicted molar refractivity (Wildman–Crippen MR) is 88.8 cm³/mol. The van der Waals surface area contributed by atoms with Crippen molar-refractivity contribution in [1.29, 1.82) is 0 Å². The summed E-state index contributed by atoms with van der Waals surface area (Å²) in [6, 6.07) is 5.44. The summed E-state index contributed by atoms with van der Waals surface area (Å²) in [6.45, 7) is 5.72. The van der Waals surface area contributed by atoms with E-state index in [0.29, 0.717) is 11.6 Å². The number of nitrogens with zero attached hydrogens (tertiary/aromatic N) is 4. The number of nitro groups is 1. The first-order valence-corrected chi connectivity index (χ1v) is 7.85. The van der Waals surface area contributed by atoms with Crippen LogP contribution in [0.1, 0.15) is 43.4 Å². The molecular formula is C17H20N4O2. The second-order valence-corrected chi connectivity index (χ2v) is 6.22. The summed E-state index contributed by atoms with van der Waals surface area (Å²) < 4.78 is 0. The Bertz CT molecular complexity index is 703. The lowest BCUT2D eigenvalue weighted by Gasteiger charge is -2.20. The second kappa shape index (κ2) is 6.32. The van der Waals surface area contributed by atoms with Gasteiger partial charge in [-0.3, -0.25) is 20.1 Å². The van der Waals surface area contributed by atoms with Gasteiger partial charge < -0.3 is 4.90 Å². The standard InChI is InChI=1S/C17H20N4O2/c1-12(2)13-3-4-16(21(22)23)17(9-13)20-8-5-14(11-20)15-10-18-6-7-19-15/h3-4,6-7,9-10,12,14H,5,8,11H2,1-2H3. The van der Waals surface area contributed by atoms with Crippen molar-refractivity contribution in [3.63, 3.8) is 0 Å². The van der Waals surface area contributed by atoms with E-state index in [1.54, 1.807) is 24.7 Å². The molecular weight excluding hydrogens is 292 g/mol. The first-order valence-electron chi connectivity index (χ1n) is 7.85. The van der Waals surface area contributed by atoms with Crippen LogP contribution in [0.15, 0.2) is 36.8 Å². The summed E-state index contributed by atoms with van der Waals surface area (Å²) in [7, 11) is 0. The van der Waals surface area contributed by atoms with Gasteiger partial charge in [0.1, 0.15) is 5.69 Å². The van der Waals surface area contributed by atoms with E-state index in [-0.39, 0.29) is 16.5 Å². The number of anilines is 1. The highest BCUT2D eigenvalue weighted by atomic mass is 16.6. The largest absolute Gasteiger partial charge is 0.365 e. The first-order chi connectivity index (χ1) is 11.1. The van der Waals surface area contributed by atoms with Crippen molar-refractivity contribution in [2.24, 2.45) is 0 Å². The zero-order valence-corrected chi connectivity index (χ0v) is 13.3. The highest BCUT2D eigenvalue weighted by Crippen LogP contribution is 2.36. The van der Waals surface area contributed by atoms with E-state index in [2.05, 4.69) is 28.7 Å². The Kier molecular flexibility index (Phi) is 4.23. The fourth-order valence-electron chi connectivity index (χ4n) is 3.05. The summed E-state index contributed by atoms with van der Waals surface area (Å²) in [5, 5.41) is 11.4. The predicted octanol–water partition coefficient (Wildman–Crippen LogP) is 3.50. The lowest BCUT2D eigenvalue weighted by atomic mass is 10.0. The molecule has 0 saturated carbocycles. The molecule has 0 spiro atoms. The average Bonchev–Trinajstić information content (AvgIpc) is 3.05. The van der Waals surface area contributed by atoms with Crippen LogP contribution in [0.4, 0.5) is 11.4 Å². The van der Waals surface area contributed by atoms with Crippen molar-refractivity contribution in [2.75, 3.05) is 18.0 Å². The van der Waals surface area contributed by atoms with Crippen LogP contribution in [0.5, 0.6) is 0 Å². The Morgan fingerprint density at radius 2 is 2.17 bits per heavy atom. The Balaban J connectivity index is 1.89. The van der Waals surface area contributed by atoms with E-state index >= 15 is 0 Å². The van der Waals surface area contributed by atoms with Gasteiger partial charge in [0.05, 0.1) is 10.6 Å². The molecule has 3 rings (SSSR count). The SMILES string of the molecule is CC(C)c1ccc([N+](=O)[O-])c(N2CCC(c3cnccn3)C2)c1. The zero-order chi connectivity index (χ0) is 16.4. The monoisotopic (exact) mass is 312 g/mol. The molecule has 6 nitrogen and oxygen atoms in total. The molecule has 1 fully saturated rings. The molecule has 0 aliphatic carbocycles. The molecule has 23 heavy (non-hydrogen) atoms. The van der Waals surface area contributed by atoms with Crippen LogP contribution in [0, 0.1) is 10.1 Å². The van der Waals surface area contributed by atoms with E-state index < -0.39 is 0 Å². The Labute approximate surface area is 135 Å². The van der Waals surface area contributed by atoms with Gasteiger partial charge >= 0.3 is 0 Å². The van der Waals surface area contributed by atoms with Gasteiger partial charge in [-0.25, -0.2) is 0 Å². The first kappa shape index (κ1) is 15.4. The molecule has 1 atom stereocenters. The van der Waals surface area contributed by atoms with Crippen molar-refractivity contribution in [1.82, 2.24) is 9.97 Å². The average molecular weight is 312 g/mol. The van der Waals surface area contributed by atoms with Crippen molar-refractivity contribution in [2.45, 2.75) is 32.1 Å². The van der Waals surface area contributed by atoms with Crippen molar-refractivity contribution in [3.05, 3.63) is 58.2 Å². The molecule has 0 bridgehead atoms. The highest BCUT2D eigenvalue weighted by molar-refractivity contribution is 5.65. The minimum Gasteiger partial charge on any atom is -0.365 e. The van der Waals surface area contributed by atoms with E-state index in [1.165, 1.54) is 0 Å². The highest BCUT2D eigenvalue weighted by Gasteiger charge is 2.29. The van der Waals surface area contributed by atoms with Gasteiger partial charge in [-0.1, -0.05) is 19.9 Å². The third kappa shape index (κ3) is 3.16. The number of aromatic nitrogens is 2. The van der Waals surface area contributed by atoms with Gasteiger partial charge in [-0.05, 0) is 24.0 Å². The molecule has 1 aliphatic rings. The molecule has 1 aromatic heterocycles. The van der Waals surface area contributed by atoms with Crippen LogP contribution < -0.4 is 4.90 Å². The number of hydrogen-bond donors (Lipinski definition) is 0.